The van der Waals surface area contributed by atoms with Gasteiger partial charge in [0.15, 0.2) is 12.6 Å². The lowest BCUT2D eigenvalue weighted by Crippen LogP contribution is -2.63. The maximum atomic E-state index is 14.1. The van der Waals surface area contributed by atoms with Crippen LogP contribution in [-0.2, 0) is 73.5 Å². The molecule has 0 unspecified atom stereocenters. The highest BCUT2D eigenvalue weighted by Gasteiger charge is 2.45. The summed E-state index contributed by atoms with van der Waals surface area (Å²) < 4.78 is 105. The van der Waals surface area contributed by atoms with Crippen molar-refractivity contribution < 1.29 is 74.6 Å². The van der Waals surface area contributed by atoms with Crippen LogP contribution in [0, 0.1) is 34.1 Å². The summed E-state index contributed by atoms with van der Waals surface area (Å²) in [6, 6.07) is 22.3. The Bertz CT molecular complexity index is 2540. The van der Waals surface area contributed by atoms with Gasteiger partial charge in [-0.2, -0.15) is 0 Å². The van der Waals surface area contributed by atoms with Gasteiger partial charge in [0, 0.05) is 26.0 Å². The Hall–Kier alpha value is -6.16. The first-order valence-corrected chi connectivity index (χ1v) is 29.4. The summed E-state index contributed by atoms with van der Waals surface area (Å²) in [5, 5.41) is 5.79. The van der Waals surface area contributed by atoms with Crippen LogP contribution in [0.2, 0.25) is 0 Å². The van der Waals surface area contributed by atoms with Crippen LogP contribution >= 0.6 is 0 Å². The van der Waals surface area contributed by atoms with E-state index in [9.17, 15) is 36.7 Å². The van der Waals surface area contributed by atoms with Crippen molar-refractivity contribution in [3.63, 3.8) is 0 Å². The Morgan fingerprint density at radius 2 is 0.837 bits per heavy atom. The average molecular weight is 1210 g/mol. The Morgan fingerprint density at radius 1 is 0.512 bits per heavy atom. The predicted octanol–water partition coefficient (Wildman–Crippen LogP) is 12.0. The summed E-state index contributed by atoms with van der Waals surface area (Å²) in [6.45, 7) is 27.4. The number of hydrogen-bond acceptors (Lipinski definition) is 12. The Morgan fingerprint density at radius 3 is 1.13 bits per heavy atom. The number of ether oxygens (including phenoxy) is 8. The summed E-state index contributed by atoms with van der Waals surface area (Å²) in [6.07, 6.45) is -2.60. The summed E-state index contributed by atoms with van der Waals surface area (Å²) in [5.74, 6) is -3.65. The summed E-state index contributed by atoms with van der Waals surface area (Å²) >= 11 is 0. The minimum atomic E-state index is -0.849. The standard InChI is InChI=1S/2C33H46F2N2O6/c2*1-22(38)36-27(17-24-15-25(34)18-26(35)16-24)30(42-20-23-11-9-8-10-12-23)28-21-41-29(40-14-13-32(2,3)4)19-37(28)31(39)43-33(5,6)7/h2*8-12,15-16,18,27-30H,13-14,17,19-21H2,1-7H3,(H,36,38)/t27-,28+,29+,30-;27-,28+,29-,30-/m00/s1. The topological polar surface area (TPSA) is 173 Å². The van der Waals surface area contributed by atoms with Crippen LogP contribution in [-0.4, -0.2) is 133 Å². The van der Waals surface area contributed by atoms with E-state index < -0.39 is 95.6 Å². The monoisotopic (exact) mass is 1210 g/mol. The van der Waals surface area contributed by atoms with Gasteiger partial charge in [-0.3, -0.25) is 19.4 Å². The number of benzene rings is 4. The van der Waals surface area contributed by atoms with Crippen molar-refractivity contribution in [3.8, 4) is 0 Å². The molecule has 86 heavy (non-hydrogen) atoms. The molecule has 2 heterocycles. The van der Waals surface area contributed by atoms with Gasteiger partial charge in [-0.15, -0.1) is 0 Å². The van der Waals surface area contributed by atoms with Crippen molar-refractivity contribution in [2.75, 3.05) is 39.5 Å². The minimum absolute atomic E-state index is 0.0203. The van der Waals surface area contributed by atoms with Crippen LogP contribution in [0.5, 0.6) is 0 Å². The molecule has 0 saturated carbocycles. The highest BCUT2D eigenvalue weighted by atomic mass is 19.1. The van der Waals surface area contributed by atoms with Gasteiger partial charge in [0.1, 0.15) is 46.7 Å². The lowest BCUT2D eigenvalue weighted by molar-refractivity contribution is -0.209. The fourth-order valence-electron chi connectivity index (χ4n) is 9.60. The molecule has 4 aromatic carbocycles. The quantitative estimate of drug-likeness (QED) is 0.0714. The van der Waals surface area contributed by atoms with Gasteiger partial charge < -0.3 is 48.5 Å². The molecule has 16 nitrogen and oxygen atoms in total. The highest BCUT2D eigenvalue weighted by Crippen LogP contribution is 2.30. The maximum absolute atomic E-state index is 14.1. The molecule has 0 radical (unpaired) electrons. The van der Waals surface area contributed by atoms with E-state index in [1.807, 2.05) is 60.7 Å². The smallest absolute Gasteiger partial charge is 0.410 e. The second-order valence-electron chi connectivity index (χ2n) is 26.4. The van der Waals surface area contributed by atoms with Crippen molar-refractivity contribution in [1.29, 1.82) is 0 Å². The molecule has 2 fully saturated rings. The molecule has 8 atom stereocenters. The fourth-order valence-corrected chi connectivity index (χ4v) is 9.60. The number of carbonyl (C=O) groups excluding carboxylic acids is 4. The van der Waals surface area contributed by atoms with E-state index in [-0.39, 0.29) is 75.0 Å². The zero-order valence-corrected chi connectivity index (χ0v) is 52.6. The van der Waals surface area contributed by atoms with Crippen LogP contribution in [0.3, 0.4) is 0 Å². The van der Waals surface area contributed by atoms with Gasteiger partial charge in [0.2, 0.25) is 11.8 Å². The fraction of sp³-hybridized carbons (Fsp3) is 0.576. The maximum Gasteiger partial charge on any atom is 0.410 e. The van der Waals surface area contributed by atoms with Crippen molar-refractivity contribution in [1.82, 2.24) is 20.4 Å². The lowest BCUT2D eigenvalue weighted by atomic mass is 9.93. The van der Waals surface area contributed by atoms with Crippen LogP contribution in [0.1, 0.15) is 132 Å². The molecular formula is C66H92F4N4O12. The highest BCUT2D eigenvalue weighted by molar-refractivity contribution is 5.74. The van der Waals surface area contributed by atoms with Crippen LogP contribution in [0.4, 0.5) is 27.2 Å². The number of hydrogen-bond donors (Lipinski definition) is 2. The molecule has 0 aromatic heterocycles. The first-order chi connectivity index (χ1) is 40.2. The van der Waals surface area contributed by atoms with E-state index in [0.29, 0.717) is 24.3 Å². The first-order valence-electron chi connectivity index (χ1n) is 29.4. The van der Waals surface area contributed by atoms with Crippen molar-refractivity contribution in [3.05, 3.63) is 143 Å². The molecule has 2 saturated heterocycles. The first kappa shape index (κ1) is 70.6. The van der Waals surface area contributed by atoms with Crippen LogP contribution in [0.25, 0.3) is 0 Å². The Balaban J connectivity index is 0.000000314. The van der Waals surface area contributed by atoms with Gasteiger partial charge >= 0.3 is 12.2 Å². The van der Waals surface area contributed by atoms with Gasteiger partial charge in [0.05, 0.1) is 76.9 Å². The van der Waals surface area contributed by atoms with E-state index in [1.165, 1.54) is 47.9 Å². The number of nitrogens with zero attached hydrogens (tertiary/aromatic N) is 2. The molecule has 2 aliphatic rings. The number of amides is 4. The zero-order chi connectivity index (χ0) is 63.6. The molecule has 0 bridgehead atoms. The normalized spacial score (nSPS) is 19.0. The Labute approximate surface area is 506 Å². The third-order valence-corrected chi connectivity index (χ3v) is 13.6. The predicted molar refractivity (Wildman–Crippen MR) is 318 cm³/mol. The molecule has 0 aliphatic carbocycles. The second kappa shape index (κ2) is 32.2. The molecule has 4 aromatic rings. The number of rotatable bonds is 22. The molecular weight excluding hydrogens is 1120 g/mol. The van der Waals surface area contributed by atoms with Gasteiger partial charge in [-0.05, 0) is 125 Å². The molecule has 2 N–H and O–H groups in total. The molecule has 4 amide bonds. The largest absolute Gasteiger partial charge is 0.444 e. The van der Waals surface area contributed by atoms with Gasteiger partial charge in [-0.25, -0.2) is 27.2 Å². The van der Waals surface area contributed by atoms with E-state index >= 15 is 0 Å². The zero-order valence-electron chi connectivity index (χ0n) is 52.6. The second-order valence-corrected chi connectivity index (χ2v) is 26.4. The molecule has 0 spiro atoms. The molecule has 2 aliphatic heterocycles. The van der Waals surface area contributed by atoms with E-state index in [4.69, 9.17) is 37.9 Å². The van der Waals surface area contributed by atoms with Crippen molar-refractivity contribution >= 4 is 24.0 Å². The van der Waals surface area contributed by atoms with Gasteiger partial charge in [0.25, 0.3) is 0 Å². The van der Waals surface area contributed by atoms with Crippen LogP contribution < -0.4 is 10.6 Å². The van der Waals surface area contributed by atoms with Crippen LogP contribution in [0.15, 0.2) is 97.1 Å². The number of carbonyl (C=O) groups is 4. The molecule has 20 heteroatoms. The third-order valence-electron chi connectivity index (χ3n) is 13.6. The number of morpholine rings is 2. The van der Waals surface area contributed by atoms with E-state index in [2.05, 4.69) is 52.2 Å². The van der Waals surface area contributed by atoms with E-state index in [0.717, 1.165) is 36.1 Å². The van der Waals surface area contributed by atoms with E-state index in [1.54, 1.807) is 41.5 Å². The summed E-state index contributed by atoms with van der Waals surface area (Å²) in [5.41, 5.74) is 0.949. The number of nitrogens with one attached hydrogen (secondary N) is 2. The SMILES string of the molecule is CC(=O)N[C@@H](Cc1cc(F)cc(F)c1)[C@H](OCc1ccccc1)[C@H]1CO[C@@H](OCCC(C)(C)C)CN1C(=O)OC(C)(C)C.CC(=O)N[C@@H](Cc1cc(F)cc(F)c1)[C@H](OCc1ccccc1)[C@H]1CO[C@H](OCCC(C)(C)C)CN1C(=O)OC(C)(C)C. The summed E-state index contributed by atoms with van der Waals surface area (Å²) in [4.78, 5) is 55.1. The van der Waals surface area contributed by atoms with Crippen molar-refractivity contribution in [2.24, 2.45) is 10.8 Å². The molecule has 476 valence electrons. The average Bonchev–Trinajstić information content (AvgIpc) is 1.44. The minimum Gasteiger partial charge on any atom is -0.444 e. The third kappa shape index (κ3) is 25.7. The Kier molecular flexibility index (Phi) is 26.4. The van der Waals surface area contributed by atoms with Gasteiger partial charge in [-0.1, -0.05) is 102 Å². The number of halogens is 4. The lowest BCUT2D eigenvalue weighted by Gasteiger charge is -2.45. The molecule has 6 rings (SSSR count). The summed E-state index contributed by atoms with van der Waals surface area (Å²) in [7, 11) is 0. The van der Waals surface area contributed by atoms with Crippen molar-refractivity contribution in [2.45, 2.75) is 196 Å².